The van der Waals surface area contributed by atoms with Crippen molar-refractivity contribution < 1.29 is 4.79 Å². The van der Waals surface area contributed by atoms with Crippen molar-refractivity contribution in [1.82, 2.24) is 19.5 Å². The Hall–Kier alpha value is -3.13. The molecule has 8 nitrogen and oxygen atoms in total. The number of carbonyl (C=O) groups is 1. The summed E-state index contributed by atoms with van der Waals surface area (Å²) in [6, 6.07) is 10.2. The lowest BCUT2D eigenvalue weighted by molar-refractivity contribution is 0.0773. The highest BCUT2D eigenvalue weighted by Crippen LogP contribution is 2.26. The molecule has 3 aromatic rings. The Kier molecular flexibility index (Phi) is 6.36. The van der Waals surface area contributed by atoms with Crippen LogP contribution in [0.1, 0.15) is 49.9 Å². The molecule has 0 spiro atoms. The number of carbonyl (C=O) groups excluding carboxylic acids is 1. The molecule has 2 aromatic heterocycles. The highest BCUT2D eigenvalue weighted by Gasteiger charge is 2.19. The maximum absolute atomic E-state index is 12.7. The predicted octanol–water partition coefficient (Wildman–Crippen LogP) is 3.64. The van der Waals surface area contributed by atoms with E-state index in [1.165, 1.54) is 0 Å². The van der Waals surface area contributed by atoms with Crippen LogP contribution in [0, 0.1) is 0 Å². The molecule has 1 amide bonds. The normalized spacial score (nSPS) is 18.7. The van der Waals surface area contributed by atoms with Crippen molar-refractivity contribution in [2.75, 3.05) is 23.7 Å². The fraction of sp³-hybridized carbons (Fsp3) is 0.435. The SMILES string of the molecule is CCN(CC)C(=O)c1cccc(Nc2cc(NC3CCC(N)CC3)nn3ccnc23)c1. The zero-order valence-electron chi connectivity index (χ0n) is 18.2. The van der Waals surface area contributed by atoms with Gasteiger partial charge < -0.3 is 21.3 Å². The van der Waals surface area contributed by atoms with E-state index in [4.69, 9.17) is 5.73 Å². The largest absolute Gasteiger partial charge is 0.366 e. The van der Waals surface area contributed by atoms with Crippen LogP contribution < -0.4 is 16.4 Å². The third-order valence-corrected chi connectivity index (χ3v) is 5.92. The summed E-state index contributed by atoms with van der Waals surface area (Å²) in [5.41, 5.74) is 9.11. The van der Waals surface area contributed by atoms with E-state index in [2.05, 4.69) is 20.7 Å². The lowest BCUT2D eigenvalue weighted by Gasteiger charge is -2.27. The molecule has 0 bridgehead atoms. The second-order valence-electron chi connectivity index (χ2n) is 8.08. The third-order valence-electron chi connectivity index (χ3n) is 5.92. The number of anilines is 3. The van der Waals surface area contributed by atoms with E-state index in [-0.39, 0.29) is 5.91 Å². The Bertz CT molecular complexity index is 1040. The molecule has 4 N–H and O–H groups in total. The topological polar surface area (TPSA) is 101 Å². The van der Waals surface area contributed by atoms with Gasteiger partial charge in [-0.05, 0) is 57.7 Å². The average molecular weight is 422 g/mol. The number of fused-ring (bicyclic) bond motifs is 1. The molecule has 1 fully saturated rings. The van der Waals surface area contributed by atoms with E-state index in [0.29, 0.717) is 30.7 Å². The van der Waals surface area contributed by atoms with Crippen molar-refractivity contribution in [3.63, 3.8) is 0 Å². The first-order chi connectivity index (χ1) is 15.1. The Morgan fingerprint density at radius 3 is 2.71 bits per heavy atom. The Balaban J connectivity index is 1.57. The van der Waals surface area contributed by atoms with Crippen LogP contribution in [-0.2, 0) is 0 Å². The molecule has 1 aromatic carbocycles. The number of imidazole rings is 1. The summed E-state index contributed by atoms with van der Waals surface area (Å²) in [5, 5.41) is 11.6. The maximum Gasteiger partial charge on any atom is 0.253 e. The molecule has 164 valence electrons. The molecule has 4 rings (SSSR count). The predicted molar refractivity (Wildman–Crippen MR) is 124 cm³/mol. The summed E-state index contributed by atoms with van der Waals surface area (Å²) in [7, 11) is 0. The molecule has 0 unspecified atom stereocenters. The lowest BCUT2D eigenvalue weighted by Crippen LogP contribution is -2.33. The summed E-state index contributed by atoms with van der Waals surface area (Å²) in [5.74, 6) is 0.830. The third kappa shape index (κ3) is 4.80. The molecule has 0 aliphatic heterocycles. The van der Waals surface area contributed by atoms with Gasteiger partial charge in [-0.2, -0.15) is 0 Å². The Labute approximate surface area is 182 Å². The number of nitrogens with two attached hydrogens (primary N) is 1. The summed E-state index contributed by atoms with van der Waals surface area (Å²) in [6.07, 6.45) is 7.72. The van der Waals surface area contributed by atoms with E-state index >= 15 is 0 Å². The van der Waals surface area contributed by atoms with Gasteiger partial charge in [-0.1, -0.05) is 6.07 Å². The second-order valence-corrected chi connectivity index (χ2v) is 8.08. The van der Waals surface area contributed by atoms with Gasteiger partial charge in [-0.25, -0.2) is 9.50 Å². The van der Waals surface area contributed by atoms with Crippen LogP contribution in [0.25, 0.3) is 5.65 Å². The van der Waals surface area contributed by atoms with Crippen LogP contribution in [0.4, 0.5) is 17.2 Å². The summed E-state index contributed by atoms with van der Waals surface area (Å²) >= 11 is 0. The van der Waals surface area contributed by atoms with Crippen LogP contribution in [0.15, 0.2) is 42.7 Å². The molecule has 0 radical (unpaired) electrons. The first-order valence-corrected chi connectivity index (χ1v) is 11.1. The van der Waals surface area contributed by atoms with Crippen molar-refractivity contribution in [3.05, 3.63) is 48.3 Å². The van der Waals surface area contributed by atoms with Gasteiger partial charge in [0.1, 0.15) is 5.82 Å². The molecular weight excluding hydrogens is 390 g/mol. The van der Waals surface area contributed by atoms with Crippen LogP contribution in [0.3, 0.4) is 0 Å². The number of benzene rings is 1. The van der Waals surface area contributed by atoms with E-state index in [1.54, 1.807) is 10.7 Å². The van der Waals surface area contributed by atoms with Crippen molar-refractivity contribution in [1.29, 1.82) is 0 Å². The molecule has 1 aliphatic carbocycles. The van der Waals surface area contributed by atoms with Crippen molar-refractivity contribution in [2.24, 2.45) is 5.73 Å². The zero-order valence-corrected chi connectivity index (χ0v) is 18.2. The molecular formula is C23H31N7O. The fourth-order valence-electron chi connectivity index (χ4n) is 4.13. The maximum atomic E-state index is 12.7. The van der Waals surface area contributed by atoms with Crippen LogP contribution in [0.5, 0.6) is 0 Å². The minimum absolute atomic E-state index is 0.0344. The van der Waals surface area contributed by atoms with Crippen molar-refractivity contribution in [3.8, 4) is 0 Å². The number of nitrogens with one attached hydrogen (secondary N) is 2. The molecule has 8 heteroatoms. The van der Waals surface area contributed by atoms with Gasteiger partial charge in [-0.3, -0.25) is 4.79 Å². The van der Waals surface area contributed by atoms with Crippen LogP contribution in [0.2, 0.25) is 0 Å². The van der Waals surface area contributed by atoms with E-state index < -0.39 is 0 Å². The number of rotatable bonds is 7. The van der Waals surface area contributed by atoms with E-state index in [9.17, 15) is 4.79 Å². The van der Waals surface area contributed by atoms with Gasteiger partial charge in [0.15, 0.2) is 5.65 Å². The van der Waals surface area contributed by atoms with Crippen LogP contribution >= 0.6 is 0 Å². The first-order valence-electron chi connectivity index (χ1n) is 11.1. The summed E-state index contributed by atoms with van der Waals surface area (Å²) < 4.78 is 1.77. The molecule has 1 saturated carbocycles. The number of hydrogen-bond acceptors (Lipinski definition) is 6. The highest BCUT2D eigenvalue weighted by atomic mass is 16.2. The molecule has 31 heavy (non-hydrogen) atoms. The van der Waals surface area contributed by atoms with Gasteiger partial charge in [0.25, 0.3) is 5.91 Å². The van der Waals surface area contributed by atoms with Gasteiger partial charge in [-0.15, -0.1) is 5.10 Å². The van der Waals surface area contributed by atoms with Crippen molar-refractivity contribution in [2.45, 2.75) is 51.6 Å². The minimum Gasteiger partial charge on any atom is -0.366 e. The summed E-state index contributed by atoms with van der Waals surface area (Å²) in [4.78, 5) is 19.0. The fourth-order valence-corrected chi connectivity index (χ4v) is 4.13. The zero-order chi connectivity index (χ0) is 21.8. The number of nitrogens with zero attached hydrogens (tertiary/aromatic N) is 4. The quantitative estimate of drug-likeness (QED) is 0.539. The highest BCUT2D eigenvalue weighted by molar-refractivity contribution is 5.95. The molecule has 2 heterocycles. The lowest BCUT2D eigenvalue weighted by atomic mass is 9.92. The monoisotopic (exact) mass is 421 g/mol. The second kappa shape index (κ2) is 9.34. The van der Waals surface area contributed by atoms with E-state index in [0.717, 1.165) is 48.5 Å². The Morgan fingerprint density at radius 1 is 1.19 bits per heavy atom. The smallest absolute Gasteiger partial charge is 0.253 e. The number of amides is 1. The number of hydrogen-bond donors (Lipinski definition) is 3. The van der Waals surface area contributed by atoms with Crippen molar-refractivity contribution >= 4 is 28.7 Å². The van der Waals surface area contributed by atoms with Gasteiger partial charge in [0.2, 0.25) is 0 Å². The Morgan fingerprint density at radius 2 is 1.97 bits per heavy atom. The van der Waals surface area contributed by atoms with E-state index in [1.807, 2.05) is 55.3 Å². The van der Waals surface area contributed by atoms with Crippen LogP contribution in [-0.4, -0.2) is 50.6 Å². The first kappa shape index (κ1) is 21.1. The summed E-state index contributed by atoms with van der Waals surface area (Å²) in [6.45, 7) is 5.36. The van der Waals surface area contributed by atoms with Gasteiger partial charge in [0, 0.05) is 54.9 Å². The molecule has 1 aliphatic rings. The molecule has 0 atom stereocenters. The average Bonchev–Trinajstić information content (AvgIpc) is 3.25. The minimum atomic E-state index is 0.0344. The van der Waals surface area contributed by atoms with Gasteiger partial charge >= 0.3 is 0 Å². The number of aromatic nitrogens is 3. The van der Waals surface area contributed by atoms with Gasteiger partial charge in [0.05, 0.1) is 5.69 Å². The molecule has 0 saturated heterocycles. The standard InChI is InChI=1S/C23H31N7O/c1-3-29(4-2)23(31)16-6-5-7-19(14-16)26-20-15-21(28-30-13-12-25-22(20)30)27-18-10-8-17(24)9-11-18/h5-7,12-15,17-18,26H,3-4,8-11,24H2,1-2H3,(H,27,28).